The second kappa shape index (κ2) is 7.25. The van der Waals surface area contributed by atoms with Gasteiger partial charge in [-0.15, -0.1) is 0 Å². The van der Waals surface area contributed by atoms with Gasteiger partial charge in [0.05, 0.1) is 12.1 Å². The lowest BCUT2D eigenvalue weighted by Gasteiger charge is -2.29. The van der Waals surface area contributed by atoms with Gasteiger partial charge in [0.25, 0.3) is 0 Å². The second-order valence-corrected chi connectivity index (χ2v) is 6.93. The van der Waals surface area contributed by atoms with Crippen LogP contribution in [-0.2, 0) is 9.59 Å². The third kappa shape index (κ3) is 4.99. The van der Waals surface area contributed by atoms with E-state index in [1.54, 1.807) is 0 Å². The zero-order valence-electron chi connectivity index (χ0n) is 13.1. The van der Waals surface area contributed by atoms with Crippen molar-refractivity contribution in [1.29, 1.82) is 0 Å². The highest BCUT2D eigenvalue weighted by atomic mass is 16.2. The fraction of sp³-hybridized carbons (Fsp3) is 0.875. The second-order valence-electron chi connectivity index (χ2n) is 6.93. The summed E-state index contributed by atoms with van der Waals surface area (Å²) in [5.74, 6) is 0.858. The Hall–Kier alpha value is -1.10. The molecule has 120 valence electrons. The van der Waals surface area contributed by atoms with E-state index < -0.39 is 0 Å². The van der Waals surface area contributed by atoms with Crippen LogP contribution >= 0.6 is 0 Å². The first-order valence-corrected chi connectivity index (χ1v) is 8.31. The van der Waals surface area contributed by atoms with E-state index in [9.17, 15) is 9.59 Å². The molecule has 0 aromatic rings. The fourth-order valence-electron chi connectivity index (χ4n) is 3.31. The Balaban J connectivity index is 1.66. The summed E-state index contributed by atoms with van der Waals surface area (Å²) < 4.78 is 0. The van der Waals surface area contributed by atoms with E-state index in [0.717, 1.165) is 25.7 Å². The SMILES string of the molecule is CC(CN)(NC(=O)CNC(=O)CC1CCCCC1)C1CC1. The van der Waals surface area contributed by atoms with Crippen LogP contribution in [0, 0.1) is 11.8 Å². The first-order valence-electron chi connectivity index (χ1n) is 8.31. The van der Waals surface area contributed by atoms with Crippen LogP contribution in [0.2, 0.25) is 0 Å². The molecule has 0 radical (unpaired) electrons. The average Bonchev–Trinajstić information content (AvgIpc) is 3.31. The minimum atomic E-state index is -0.314. The lowest BCUT2D eigenvalue weighted by molar-refractivity contribution is -0.127. The third-order valence-corrected chi connectivity index (χ3v) is 4.97. The van der Waals surface area contributed by atoms with Gasteiger partial charge in [0.2, 0.25) is 11.8 Å². The van der Waals surface area contributed by atoms with Crippen molar-refractivity contribution >= 4 is 11.8 Å². The summed E-state index contributed by atoms with van der Waals surface area (Å²) >= 11 is 0. The van der Waals surface area contributed by atoms with Gasteiger partial charge in [-0.3, -0.25) is 9.59 Å². The number of nitrogens with one attached hydrogen (secondary N) is 2. The predicted molar refractivity (Wildman–Crippen MR) is 82.5 cm³/mol. The van der Waals surface area contributed by atoms with Crippen molar-refractivity contribution in [3.8, 4) is 0 Å². The van der Waals surface area contributed by atoms with Gasteiger partial charge in [-0.05, 0) is 44.4 Å². The van der Waals surface area contributed by atoms with Gasteiger partial charge in [0.1, 0.15) is 0 Å². The Labute approximate surface area is 127 Å². The van der Waals surface area contributed by atoms with Crippen LogP contribution in [0.5, 0.6) is 0 Å². The standard InChI is InChI=1S/C16H29N3O2/c1-16(11-17,13-7-8-13)19-15(21)10-18-14(20)9-12-5-3-2-4-6-12/h12-13H,2-11,17H2,1H3,(H,18,20)(H,19,21). The van der Waals surface area contributed by atoms with Crippen molar-refractivity contribution in [3.05, 3.63) is 0 Å². The van der Waals surface area contributed by atoms with Gasteiger partial charge >= 0.3 is 0 Å². The van der Waals surface area contributed by atoms with E-state index >= 15 is 0 Å². The molecular formula is C16H29N3O2. The summed E-state index contributed by atoms with van der Waals surface area (Å²) in [6, 6.07) is 0. The van der Waals surface area contributed by atoms with Crippen molar-refractivity contribution in [2.75, 3.05) is 13.1 Å². The zero-order chi connectivity index (χ0) is 15.3. The summed E-state index contributed by atoms with van der Waals surface area (Å²) in [6.45, 7) is 2.50. The molecule has 2 saturated carbocycles. The molecule has 0 aromatic carbocycles. The molecule has 0 heterocycles. The molecule has 4 N–H and O–H groups in total. The number of hydrogen-bond acceptors (Lipinski definition) is 3. The Morgan fingerprint density at radius 1 is 1.10 bits per heavy atom. The van der Waals surface area contributed by atoms with E-state index in [-0.39, 0.29) is 23.9 Å². The Morgan fingerprint density at radius 3 is 2.33 bits per heavy atom. The molecule has 2 amide bonds. The lowest BCUT2D eigenvalue weighted by atomic mass is 9.87. The van der Waals surface area contributed by atoms with E-state index in [4.69, 9.17) is 5.73 Å². The van der Waals surface area contributed by atoms with Crippen LogP contribution in [0.4, 0.5) is 0 Å². The van der Waals surface area contributed by atoms with Gasteiger partial charge in [-0.25, -0.2) is 0 Å². The number of hydrogen-bond donors (Lipinski definition) is 3. The minimum absolute atomic E-state index is 0.00192. The minimum Gasteiger partial charge on any atom is -0.348 e. The first-order chi connectivity index (χ1) is 10.0. The van der Waals surface area contributed by atoms with Crippen molar-refractivity contribution in [1.82, 2.24) is 10.6 Å². The molecule has 1 atom stereocenters. The Morgan fingerprint density at radius 2 is 1.76 bits per heavy atom. The summed E-state index contributed by atoms with van der Waals surface area (Å²) in [7, 11) is 0. The maximum atomic E-state index is 12.0. The number of carbonyl (C=O) groups is 2. The van der Waals surface area contributed by atoms with Gasteiger partial charge < -0.3 is 16.4 Å². The highest BCUT2D eigenvalue weighted by molar-refractivity contribution is 5.85. The number of amides is 2. The number of rotatable bonds is 7. The average molecular weight is 295 g/mol. The summed E-state index contributed by atoms with van der Waals surface area (Å²) in [4.78, 5) is 23.8. The molecule has 0 aromatic heterocycles. The molecule has 0 spiro atoms. The van der Waals surface area contributed by atoms with Crippen molar-refractivity contribution in [2.45, 2.75) is 63.8 Å². The van der Waals surface area contributed by atoms with Crippen LogP contribution in [0.15, 0.2) is 0 Å². The molecule has 2 rings (SSSR count). The lowest BCUT2D eigenvalue weighted by Crippen LogP contribution is -2.55. The van der Waals surface area contributed by atoms with Gasteiger partial charge in [-0.1, -0.05) is 19.3 Å². The molecule has 2 aliphatic rings. The van der Waals surface area contributed by atoms with Crippen LogP contribution in [-0.4, -0.2) is 30.4 Å². The van der Waals surface area contributed by atoms with Crippen molar-refractivity contribution in [2.24, 2.45) is 17.6 Å². The monoisotopic (exact) mass is 295 g/mol. The molecule has 2 aliphatic carbocycles. The number of carbonyl (C=O) groups excluding carboxylic acids is 2. The highest BCUT2D eigenvalue weighted by Crippen LogP contribution is 2.38. The van der Waals surface area contributed by atoms with Crippen LogP contribution < -0.4 is 16.4 Å². The Kier molecular flexibility index (Phi) is 5.62. The molecule has 5 nitrogen and oxygen atoms in total. The van der Waals surface area contributed by atoms with Gasteiger partial charge in [0.15, 0.2) is 0 Å². The maximum Gasteiger partial charge on any atom is 0.239 e. The summed E-state index contributed by atoms with van der Waals surface area (Å²) in [6.07, 6.45) is 8.86. The van der Waals surface area contributed by atoms with E-state index in [0.29, 0.717) is 24.8 Å². The van der Waals surface area contributed by atoms with Crippen LogP contribution in [0.25, 0.3) is 0 Å². The highest BCUT2D eigenvalue weighted by Gasteiger charge is 2.41. The van der Waals surface area contributed by atoms with E-state index in [2.05, 4.69) is 10.6 Å². The van der Waals surface area contributed by atoms with E-state index in [1.807, 2.05) is 6.92 Å². The zero-order valence-corrected chi connectivity index (χ0v) is 13.1. The van der Waals surface area contributed by atoms with Gasteiger partial charge in [0, 0.05) is 13.0 Å². The normalized spacial score (nSPS) is 22.4. The smallest absolute Gasteiger partial charge is 0.239 e. The molecule has 1 unspecified atom stereocenters. The van der Waals surface area contributed by atoms with E-state index in [1.165, 1.54) is 19.3 Å². The topological polar surface area (TPSA) is 84.2 Å². The van der Waals surface area contributed by atoms with Crippen LogP contribution in [0.1, 0.15) is 58.3 Å². The largest absolute Gasteiger partial charge is 0.348 e. The van der Waals surface area contributed by atoms with Crippen LogP contribution in [0.3, 0.4) is 0 Å². The molecular weight excluding hydrogens is 266 g/mol. The third-order valence-electron chi connectivity index (χ3n) is 4.97. The summed E-state index contributed by atoms with van der Waals surface area (Å²) in [5, 5.41) is 5.73. The molecule has 0 saturated heterocycles. The molecule has 21 heavy (non-hydrogen) atoms. The molecule has 0 bridgehead atoms. The molecule has 0 aliphatic heterocycles. The van der Waals surface area contributed by atoms with Crippen molar-refractivity contribution < 1.29 is 9.59 Å². The molecule has 5 heteroatoms. The number of nitrogens with two attached hydrogens (primary N) is 1. The maximum absolute atomic E-state index is 12.0. The fourth-order valence-corrected chi connectivity index (χ4v) is 3.31. The molecule has 2 fully saturated rings. The predicted octanol–water partition coefficient (Wildman–Crippen LogP) is 1.32. The quantitative estimate of drug-likeness (QED) is 0.662. The van der Waals surface area contributed by atoms with Crippen molar-refractivity contribution in [3.63, 3.8) is 0 Å². The summed E-state index contributed by atoms with van der Waals surface area (Å²) in [5.41, 5.74) is 5.46. The Bertz CT molecular complexity index is 376. The first kappa shape index (κ1) is 16.3. The van der Waals surface area contributed by atoms with Gasteiger partial charge in [-0.2, -0.15) is 0 Å².